The minimum Gasteiger partial charge on any atom is -0.353 e. The zero-order valence-corrected chi connectivity index (χ0v) is 12.7. The van der Waals surface area contributed by atoms with Crippen molar-refractivity contribution in [3.8, 4) is 0 Å². The number of nitrogens with one attached hydrogen (secondary N) is 1. The molecule has 118 valence electrons. The number of hydrogen-bond acceptors (Lipinski definition) is 1. The number of carbonyl (C=O) groups is 1. The van der Waals surface area contributed by atoms with E-state index in [4.69, 9.17) is 11.6 Å². The lowest BCUT2D eigenvalue weighted by Crippen LogP contribution is -2.43. The number of halogens is 4. The summed E-state index contributed by atoms with van der Waals surface area (Å²) >= 11 is 5.70. The molecule has 0 saturated heterocycles. The first kappa shape index (κ1) is 17.6. The molecular formula is C14H23ClF3NO. The van der Waals surface area contributed by atoms with Gasteiger partial charge in [-0.15, -0.1) is 11.6 Å². The summed E-state index contributed by atoms with van der Waals surface area (Å²) in [5.41, 5.74) is 0. The second kappa shape index (κ2) is 7.53. The lowest BCUT2D eigenvalue weighted by Gasteiger charge is -2.31. The third kappa shape index (κ3) is 5.15. The molecule has 1 rings (SSSR count). The van der Waals surface area contributed by atoms with Gasteiger partial charge in [0.1, 0.15) is 0 Å². The smallest absolute Gasteiger partial charge is 0.353 e. The summed E-state index contributed by atoms with van der Waals surface area (Å²) in [5.74, 6) is -0.914. The highest BCUT2D eigenvalue weighted by molar-refractivity contribution is 6.17. The molecule has 1 aliphatic carbocycles. The number of hydrogen-bond donors (Lipinski definition) is 1. The number of rotatable bonds is 5. The largest absolute Gasteiger partial charge is 0.391 e. The van der Waals surface area contributed by atoms with E-state index in [2.05, 4.69) is 5.32 Å². The predicted molar refractivity (Wildman–Crippen MR) is 73.6 cm³/mol. The fraction of sp³-hybridized carbons (Fsp3) is 0.929. The predicted octanol–water partition coefficient (Wildman–Crippen LogP) is 4.12. The maximum absolute atomic E-state index is 12.6. The molecule has 2 nitrogen and oxygen atoms in total. The SMILES string of the molecule is CC(C)C(CCCl)NC(=O)C1CCC(C(F)(F)F)CC1. The van der Waals surface area contributed by atoms with Gasteiger partial charge in [0.15, 0.2) is 0 Å². The highest BCUT2D eigenvalue weighted by Crippen LogP contribution is 2.39. The van der Waals surface area contributed by atoms with Crippen molar-refractivity contribution in [2.24, 2.45) is 17.8 Å². The van der Waals surface area contributed by atoms with Gasteiger partial charge in [-0.1, -0.05) is 13.8 Å². The minimum absolute atomic E-state index is 0.000314. The number of amides is 1. The van der Waals surface area contributed by atoms with E-state index in [0.29, 0.717) is 25.1 Å². The van der Waals surface area contributed by atoms with Crippen molar-refractivity contribution in [2.45, 2.75) is 58.2 Å². The van der Waals surface area contributed by atoms with Gasteiger partial charge in [0.2, 0.25) is 5.91 Å². The van der Waals surface area contributed by atoms with E-state index in [1.807, 2.05) is 13.8 Å². The van der Waals surface area contributed by atoms with Crippen LogP contribution in [0.3, 0.4) is 0 Å². The van der Waals surface area contributed by atoms with E-state index in [1.54, 1.807) is 0 Å². The average molecular weight is 314 g/mol. The molecule has 1 atom stereocenters. The van der Waals surface area contributed by atoms with E-state index in [-0.39, 0.29) is 36.6 Å². The summed E-state index contributed by atoms with van der Waals surface area (Å²) in [6.07, 6.45) is -2.68. The molecular weight excluding hydrogens is 291 g/mol. The van der Waals surface area contributed by atoms with Crippen LogP contribution in [-0.2, 0) is 4.79 Å². The number of alkyl halides is 4. The molecule has 6 heteroatoms. The van der Waals surface area contributed by atoms with Gasteiger partial charge in [-0.05, 0) is 38.0 Å². The summed E-state index contributed by atoms with van der Waals surface area (Å²) in [4.78, 5) is 12.1. The molecule has 20 heavy (non-hydrogen) atoms. The first-order chi connectivity index (χ1) is 9.25. The van der Waals surface area contributed by atoms with Gasteiger partial charge >= 0.3 is 6.18 Å². The molecule has 0 aliphatic heterocycles. The van der Waals surface area contributed by atoms with Crippen LogP contribution in [0.5, 0.6) is 0 Å². The van der Waals surface area contributed by atoms with Crippen LogP contribution in [0.15, 0.2) is 0 Å². The Labute approximate surface area is 123 Å². The van der Waals surface area contributed by atoms with E-state index in [0.717, 1.165) is 0 Å². The van der Waals surface area contributed by atoms with Crippen molar-refractivity contribution in [1.29, 1.82) is 0 Å². The van der Waals surface area contributed by atoms with E-state index in [9.17, 15) is 18.0 Å². The van der Waals surface area contributed by atoms with Crippen LogP contribution in [0.4, 0.5) is 13.2 Å². The zero-order valence-electron chi connectivity index (χ0n) is 12.0. The molecule has 0 aromatic rings. The maximum atomic E-state index is 12.6. The lowest BCUT2D eigenvalue weighted by atomic mass is 9.81. The lowest BCUT2D eigenvalue weighted by molar-refractivity contribution is -0.184. The van der Waals surface area contributed by atoms with Crippen molar-refractivity contribution in [2.75, 3.05) is 5.88 Å². The third-order valence-corrected chi connectivity index (χ3v) is 4.33. The summed E-state index contributed by atoms with van der Waals surface area (Å²) in [6, 6.07) is 0.000314. The molecule has 1 N–H and O–H groups in total. The normalized spacial score (nSPS) is 25.6. The van der Waals surface area contributed by atoms with Crippen molar-refractivity contribution >= 4 is 17.5 Å². The summed E-state index contributed by atoms with van der Waals surface area (Å²) in [5, 5.41) is 2.94. The van der Waals surface area contributed by atoms with Crippen LogP contribution in [-0.4, -0.2) is 24.0 Å². The molecule has 0 aromatic heterocycles. The van der Waals surface area contributed by atoms with Gasteiger partial charge < -0.3 is 5.32 Å². The Balaban J connectivity index is 2.46. The first-order valence-corrected chi connectivity index (χ1v) is 7.72. The van der Waals surface area contributed by atoms with Crippen LogP contribution in [0.2, 0.25) is 0 Å². The Kier molecular flexibility index (Phi) is 6.62. The second-order valence-electron chi connectivity index (χ2n) is 5.93. The van der Waals surface area contributed by atoms with E-state index in [1.165, 1.54) is 0 Å². The molecule has 1 aliphatic rings. The van der Waals surface area contributed by atoms with Crippen molar-refractivity contribution in [3.63, 3.8) is 0 Å². The fourth-order valence-electron chi connectivity index (χ4n) is 2.67. The molecule has 0 spiro atoms. The van der Waals surface area contributed by atoms with Crippen molar-refractivity contribution < 1.29 is 18.0 Å². The monoisotopic (exact) mass is 313 g/mol. The Morgan fingerprint density at radius 1 is 1.25 bits per heavy atom. The van der Waals surface area contributed by atoms with Crippen LogP contribution in [0, 0.1) is 17.8 Å². The third-order valence-electron chi connectivity index (χ3n) is 4.11. The Hall–Kier alpha value is -0.450. The molecule has 0 bridgehead atoms. The topological polar surface area (TPSA) is 29.1 Å². The zero-order chi connectivity index (χ0) is 15.3. The summed E-state index contributed by atoms with van der Waals surface area (Å²) in [6.45, 7) is 4.00. The van der Waals surface area contributed by atoms with Crippen molar-refractivity contribution in [1.82, 2.24) is 5.32 Å². The summed E-state index contributed by atoms with van der Waals surface area (Å²) < 4.78 is 37.7. The molecule has 1 amide bonds. The van der Waals surface area contributed by atoms with Gasteiger partial charge in [-0.3, -0.25) is 4.79 Å². The van der Waals surface area contributed by atoms with E-state index < -0.39 is 12.1 Å². The van der Waals surface area contributed by atoms with Gasteiger partial charge in [-0.2, -0.15) is 13.2 Å². The van der Waals surface area contributed by atoms with E-state index >= 15 is 0 Å². The summed E-state index contributed by atoms with van der Waals surface area (Å²) in [7, 11) is 0. The second-order valence-corrected chi connectivity index (χ2v) is 6.30. The van der Waals surface area contributed by atoms with Crippen molar-refractivity contribution in [3.05, 3.63) is 0 Å². The molecule has 1 unspecified atom stereocenters. The van der Waals surface area contributed by atoms with Gasteiger partial charge in [-0.25, -0.2) is 0 Å². The van der Waals surface area contributed by atoms with Gasteiger partial charge in [0.25, 0.3) is 0 Å². The molecule has 0 radical (unpaired) electrons. The van der Waals surface area contributed by atoms with Crippen LogP contribution >= 0.6 is 11.6 Å². The van der Waals surface area contributed by atoms with Crippen LogP contribution < -0.4 is 5.32 Å². The van der Waals surface area contributed by atoms with Gasteiger partial charge in [0, 0.05) is 17.8 Å². The average Bonchev–Trinajstić information content (AvgIpc) is 2.37. The van der Waals surface area contributed by atoms with Gasteiger partial charge in [0.05, 0.1) is 5.92 Å². The maximum Gasteiger partial charge on any atom is 0.391 e. The molecule has 1 saturated carbocycles. The minimum atomic E-state index is -4.12. The van der Waals surface area contributed by atoms with Crippen LogP contribution in [0.1, 0.15) is 46.0 Å². The molecule has 0 aromatic carbocycles. The Bertz CT molecular complexity index is 312. The standard InChI is InChI=1S/C14H23ClF3NO/c1-9(2)12(7-8-15)19-13(20)10-3-5-11(6-4-10)14(16,17)18/h9-12H,3-8H2,1-2H3,(H,19,20). The Morgan fingerprint density at radius 3 is 2.20 bits per heavy atom. The quantitative estimate of drug-likeness (QED) is 0.760. The number of carbonyl (C=O) groups excluding carboxylic acids is 1. The molecule has 1 fully saturated rings. The Morgan fingerprint density at radius 2 is 1.80 bits per heavy atom. The molecule has 0 heterocycles. The highest BCUT2D eigenvalue weighted by Gasteiger charge is 2.42. The highest BCUT2D eigenvalue weighted by atomic mass is 35.5. The fourth-order valence-corrected chi connectivity index (χ4v) is 2.91. The van der Waals surface area contributed by atoms with Crippen LogP contribution in [0.25, 0.3) is 0 Å². The first-order valence-electron chi connectivity index (χ1n) is 7.18.